The standard InChI is InChI=1S/C25H31N3O3S/c1-18-15-21-16-23(9-10-24(21)28(18)25(29)20-7-8-20)32(30,31)26-22-11-13-27(14-12-22)17-19-5-3-2-4-6-19/h2-6,9-10,16,18,20,22,26H,7-8,11-15,17H2,1H3/t18-/m0/s1. The molecule has 2 aromatic rings. The number of nitrogens with one attached hydrogen (secondary N) is 1. The van der Waals surface area contributed by atoms with Crippen molar-refractivity contribution >= 4 is 21.6 Å². The minimum absolute atomic E-state index is 0.0489. The Hall–Kier alpha value is -2.22. The normalized spacial score (nSPS) is 22.2. The largest absolute Gasteiger partial charge is 0.309 e. The molecule has 3 aliphatic rings. The third kappa shape index (κ3) is 4.47. The van der Waals surface area contributed by atoms with Crippen LogP contribution in [0.2, 0.25) is 0 Å². The molecular weight excluding hydrogens is 422 g/mol. The fourth-order valence-electron chi connectivity index (χ4n) is 4.98. The van der Waals surface area contributed by atoms with E-state index in [0.717, 1.165) is 56.6 Å². The summed E-state index contributed by atoms with van der Waals surface area (Å²) in [6.45, 7) is 4.69. The Morgan fingerprint density at radius 3 is 2.44 bits per heavy atom. The van der Waals surface area contributed by atoms with Gasteiger partial charge in [-0.3, -0.25) is 9.69 Å². The number of hydrogen-bond donors (Lipinski definition) is 1. The van der Waals surface area contributed by atoms with Crippen molar-refractivity contribution in [2.75, 3.05) is 18.0 Å². The van der Waals surface area contributed by atoms with Crippen LogP contribution < -0.4 is 9.62 Å². The van der Waals surface area contributed by atoms with E-state index in [-0.39, 0.29) is 23.9 Å². The van der Waals surface area contributed by atoms with Gasteiger partial charge < -0.3 is 4.90 Å². The molecule has 1 saturated carbocycles. The molecule has 32 heavy (non-hydrogen) atoms. The Kier molecular flexibility index (Phi) is 5.82. The van der Waals surface area contributed by atoms with Crippen molar-refractivity contribution in [3.63, 3.8) is 0 Å². The van der Waals surface area contributed by atoms with E-state index in [1.807, 2.05) is 24.0 Å². The number of rotatable bonds is 6. The Morgan fingerprint density at radius 2 is 1.75 bits per heavy atom. The van der Waals surface area contributed by atoms with Crippen molar-refractivity contribution in [1.82, 2.24) is 9.62 Å². The fraction of sp³-hybridized carbons (Fsp3) is 0.480. The maximum absolute atomic E-state index is 13.1. The number of likely N-dealkylation sites (tertiary alicyclic amines) is 1. The molecule has 5 rings (SSSR count). The first-order chi connectivity index (χ1) is 15.4. The second kappa shape index (κ2) is 8.61. The molecule has 2 fully saturated rings. The Labute approximate surface area is 190 Å². The molecule has 6 nitrogen and oxygen atoms in total. The summed E-state index contributed by atoms with van der Waals surface area (Å²) in [6, 6.07) is 15.6. The van der Waals surface area contributed by atoms with Gasteiger partial charge in [0.15, 0.2) is 0 Å². The van der Waals surface area contributed by atoms with Gasteiger partial charge in [0.2, 0.25) is 15.9 Å². The first kappa shape index (κ1) is 21.6. The molecule has 0 aromatic heterocycles. The summed E-state index contributed by atoms with van der Waals surface area (Å²) < 4.78 is 29.1. The van der Waals surface area contributed by atoms with Gasteiger partial charge in [-0.05, 0) is 68.4 Å². The average molecular weight is 454 g/mol. The van der Waals surface area contributed by atoms with Crippen molar-refractivity contribution in [1.29, 1.82) is 0 Å². The highest BCUT2D eigenvalue weighted by molar-refractivity contribution is 7.89. The predicted octanol–water partition coefficient (Wildman–Crippen LogP) is 3.32. The van der Waals surface area contributed by atoms with Crippen LogP contribution in [0, 0.1) is 5.92 Å². The first-order valence-corrected chi connectivity index (χ1v) is 13.1. The molecule has 7 heteroatoms. The van der Waals surface area contributed by atoms with E-state index < -0.39 is 10.0 Å². The van der Waals surface area contributed by atoms with Crippen LogP contribution in [0.15, 0.2) is 53.4 Å². The fourth-order valence-corrected chi connectivity index (χ4v) is 6.33. The van der Waals surface area contributed by atoms with Crippen LogP contribution in [0.3, 0.4) is 0 Å². The van der Waals surface area contributed by atoms with Crippen molar-refractivity contribution in [2.45, 2.75) is 62.6 Å². The lowest BCUT2D eigenvalue weighted by atomic mass is 10.1. The molecule has 170 valence electrons. The molecule has 2 heterocycles. The lowest BCUT2D eigenvalue weighted by molar-refractivity contribution is -0.120. The van der Waals surface area contributed by atoms with Gasteiger partial charge >= 0.3 is 0 Å². The second-order valence-corrected chi connectivity index (χ2v) is 11.2. The lowest BCUT2D eigenvalue weighted by Crippen LogP contribution is -2.44. The number of piperidine rings is 1. The topological polar surface area (TPSA) is 69.7 Å². The third-order valence-corrected chi connectivity index (χ3v) is 8.42. The Morgan fingerprint density at radius 1 is 1.03 bits per heavy atom. The number of sulfonamides is 1. The van der Waals surface area contributed by atoms with Crippen molar-refractivity contribution in [2.24, 2.45) is 5.92 Å². The number of nitrogens with zero attached hydrogens (tertiary/aromatic N) is 2. The van der Waals surface area contributed by atoms with Gasteiger partial charge in [-0.25, -0.2) is 13.1 Å². The zero-order valence-corrected chi connectivity index (χ0v) is 19.4. The summed E-state index contributed by atoms with van der Waals surface area (Å²) >= 11 is 0. The molecule has 1 N–H and O–H groups in total. The summed E-state index contributed by atoms with van der Waals surface area (Å²) in [4.78, 5) is 17.2. The quantitative estimate of drug-likeness (QED) is 0.729. The van der Waals surface area contributed by atoms with Gasteiger partial charge in [-0.15, -0.1) is 0 Å². The van der Waals surface area contributed by atoms with Crippen molar-refractivity contribution in [3.8, 4) is 0 Å². The van der Waals surface area contributed by atoms with Crippen LogP contribution in [-0.4, -0.2) is 44.4 Å². The Balaban J connectivity index is 1.22. The van der Waals surface area contributed by atoms with Gasteiger partial charge in [0, 0.05) is 43.3 Å². The molecule has 1 amide bonds. The highest BCUT2D eigenvalue weighted by Gasteiger charge is 2.40. The average Bonchev–Trinajstić information content (AvgIpc) is 3.57. The van der Waals surface area contributed by atoms with E-state index in [1.54, 1.807) is 12.1 Å². The van der Waals surface area contributed by atoms with E-state index >= 15 is 0 Å². The molecule has 1 aliphatic carbocycles. The van der Waals surface area contributed by atoms with Crippen LogP contribution in [0.25, 0.3) is 0 Å². The minimum Gasteiger partial charge on any atom is -0.309 e. The monoisotopic (exact) mass is 453 g/mol. The van der Waals surface area contributed by atoms with Crippen LogP contribution >= 0.6 is 0 Å². The number of benzene rings is 2. The molecule has 0 unspecified atom stereocenters. The van der Waals surface area contributed by atoms with Crippen LogP contribution in [-0.2, 0) is 27.8 Å². The lowest BCUT2D eigenvalue weighted by Gasteiger charge is -2.32. The summed E-state index contributed by atoms with van der Waals surface area (Å²) in [5, 5.41) is 0. The van der Waals surface area contributed by atoms with Crippen LogP contribution in [0.5, 0.6) is 0 Å². The summed E-state index contributed by atoms with van der Waals surface area (Å²) in [6.07, 6.45) is 4.25. The summed E-state index contributed by atoms with van der Waals surface area (Å²) in [5.74, 6) is 0.341. The molecule has 1 saturated heterocycles. The van der Waals surface area contributed by atoms with E-state index in [9.17, 15) is 13.2 Å². The number of amides is 1. The highest BCUT2D eigenvalue weighted by Crippen LogP contribution is 2.39. The van der Waals surface area contributed by atoms with Gasteiger partial charge in [0.1, 0.15) is 0 Å². The highest BCUT2D eigenvalue weighted by atomic mass is 32.2. The van der Waals surface area contributed by atoms with E-state index in [1.165, 1.54) is 5.56 Å². The van der Waals surface area contributed by atoms with Gasteiger partial charge in [-0.2, -0.15) is 0 Å². The number of carbonyl (C=O) groups excluding carboxylic acids is 1. The summed E-state index contributed by atoms with van der Waals surface area (Å²) in [7, 11) is -3.59. The molecule has 0 radical (unpaired) electrons. The van der Waals surface area contributed by atoms with E-state index in [2.05, 4.69) is 33.9 Å². The van der Waals surface area contributed by atoms with Gasteiger partial charge in [0.05, 0.1) is 4.90 Å². The van der Waals surface area contributed by atoms with E-state index in [4.69, 9.17) is 0 Å². The van der Waals surface area contributed by atoms with Gasteiger partial charge in [-0.1, -0.05) is 30.3 Å². The number of carbonyl (C=O) groups is 1. The molecular formula is C25H31N3O3S. The maximum Gasteiger partial charge on any atom is 0.240 e. The smallest absolute Gasteiger partial charge is 0.240 e. The predicted molar refractivity (Wildman–Crippen MR) is 125 cm³/mol. The molecule has 2 aliphatic heterocycles. The third-order valence-electron chi connectivity index (χ3n) is 6.90. The first-order valence-electron chi connectivity index (χ1n) is 11.7. The zero-order valence-electron chi connectivity index (χ0n) is 18.5. The van der Waals surface area contributed by atoms with Crippen LogP contribution in [0.1, 0.15) is 43.7 Å². The molecule has 1 atom stereocenters. The van der Waals surface area contributed by atoms with Gasteiger partial charge in [0.25, 0.3) is 0 Å². The van der Waals surface area contributed by atoms with Crippen LogP contribution in [0.4, 0.5) is 5.69 Å². The zero-order chi connectivity index (χ0) is 22.3. The van der Waals surface area contributed by atoms with Crippen molar-refractivity contribution in [3.05, 3.63) is 59.7 Å². The molecule has 0 bridgehead atoms. The summed E-state index contributed by atoms with van der Waals surface area (Å²) in [5.41, 5.74) is 3.11. The molecule has 0 spiro atoms. The number of fused-ring (bicyclic) bond motifs is 1. The SMILES string of the molecule is C[C@H]1Cc2cc(S(=O)(=O)NC3CCN(Cc4ccccc4)CC3)ccc2N1C(=O)C1CC1. The minimum atomic E-state index is -3.59. The second-order valence-electron chi connectivity index (χ2n) is 9.48. The van der Waals surface area contributed by atoms with E-state index in [0.29, 0.717) is 11.3 Å². The Bertz CT molecular complexity index is 1090. The van der Waals surface area contributed by atoms with Crippen molar-refractivity contribution < 1.29 is 13.2 Å². The number of hydrogen-bond acceptors (Lipinski definition) is 4. The number of anilines is 1. The maximum atomic E-state index is 13.1. The molecule has 2 aromatic carbocycles.